The molecule has 3 fully saturated rings. The normalized spacial score (nSPS) is 19.7. The van der Waals surface area contributed by atoms with E-state index in [-0.39, 0.29) is 18.3 Å². The molecule has 1 amide bonds. The van der Waals surface area contributed by atoms with Gasteiger partial charge in [-0.3, -0.25) is 9.69 Å². The van der Waals surface area contributed by atoms with Crippen molar-refractivity contribution in [3.05, 3.63) is 89.1 Å². The van der Waals surface area contributed by atoms with Gasteiger partial charge in [-0.05, 0) is 48.1 Å². The lowest BCUT2D eigenvalue weighted by atomic mass is 9.80. The first-order valence-corrected chi connectivity index (χ1v) is 14.3. The number of aromatic nitrogens is 1. The maximum atomic E-state index is 13.1. The zero-order valence-corrected chi connectivity index (χ0v) is 22.8. The standard InChI is InChI=1S/C32H37N3O5/c36-23-28-20-26(25-10-12-32(13-11-25)38-18-19-39-32)6-8-29(28)40-30-9-7-27(21-33-30)31(37)35-16-14-34(15-17-35)22-24-4-2-1-3-5-24/h1-9,20-21,25,36H,10-19,22-23H2. The first kappa shape index (κ1) is 26.9. The summed E-state index contributed by atoms with van der Waals surface area (Å²) in [4.78, 5) is 21.7. The van der Waals surface area contributed by atoms with Gasteiger partial charge in [0.15, 0.2) is 5.79 Å². The first-order valence-electron chi connectivity index (χ1n) is 14.3. The highest BCUT2D eigenvalue weighted by atomic mass is 16.7. The van der Waals surface area contributed by atoms with Crippen molar-refractivity contribution in [3.8, 4) is 11.6 Å². The number of nitrogens with zero attached hydrogens (tertiary/aromatic N) is 3. The third-order valence-corrected chi connectivity index (χ3v) is 8.39. The van der Waals surface area contributed by atoms with Crippen LogP contribution in [0.4, 0.5) is 0 Å². The van der Waals surface area contributed by atoms with Gasteiger partial charge in [0.2, 0.25) is 5.88 Å². The van der Waals surface area contributed by atoms with Gasteiger partial charge in [0.25, 0.3) is 5.91 Å². The lowest BCUT2D eigenvalue weighted by Crippen LogP contribution is -2.48. The van der Waals surface area contributed by atoms with Gasteiger partial charge in [0, 0.05) is 63.4 Å². The Balaban J connectivity index is 1.03. The van der Waals surface area contributed by atoms with E-state index in [9.17, 15) is 9.90 Å². The molecule has 40 heavy (non-hydrogen) atoms. The van der Waals surface area contributed by atoms with Crippen LogP contribution >= 0.6 is 0 Å². The fraction of sp³-hybridized carbons (Fsp3) is 0.438. The Kier molecular flexibility index (Phi) is 8.11. The zero-order valence-electron chi connectivity index (χ0n) is 22.8. The first-order chi connectivity index (χ1) is 19.6. The Morgan fingerprint density at radius 3 is 2.40 bits per heavy atom. The molecule has 3 heterocycles. The lowest BCUT2D eigenvalue weighted by Gasteiger charge is -2.35. The highest BCUT2D eigenvalue weighted by Crippen LogP contribution is 2.43. The van der Waals surface area contributed by atoms with Crippen LogP contribution in [0.15, 0.2) is 66.9 Å². The molecule has 8 heteroatoms. The smallest absolute Gasteiger partial charge is 0.255 e. The van der Waals surface area contributed by atoms with Crippen molar-refractivity contribution in [1.29, 1.82) is 0 Å². The van der Waals surface area contributed by atoms with Crippen molar-refractivity contribution in [2.45, 2.75) is 50.5 Å². The minimum absolute atomic E-state index is 0.0125. The van der Waals surface area contributed by atoms with Crippen LogP contribution in [0.25, 0.3) is 0 Å². The van der Waals surface area contributed by atoms with Crippen LogP contribution in [0.1, 0.15) is 58.6 Å². The molecule has 0 atom stereocenters. The summed E-state index contributed by atoms with van der Waals surface area (Å²) in [5, 5.41) is 10.1. The fourth-order valence-corrected chi connectivity index (χ4v) is 6.07. The van der Waals surface area contributed by atoms with E-state index in [1.54, 1.807) is 18.3 Å². The Bertz CT molecular complexity index is 1280. The van der Waals surface area contributed by atoms with Crippen LogP contribution in [0.5, 0.6) is 11.6 Å². The van der Waals surface area contributed by atoms with E-state index in [2.05, 4.69) is 40.2 Å². The van der Waals surface area contributed by atoms with Gasteiger partial charge in [0.05, 0.1) is 25.4 Å². The largest absolute Gasteiger partial charge is 0.439 e. The van der Waals surface area contributed by atoms with Gasteiger partial charge in [-0.15, -0.1) is 0 Å². The maximum absolute atomic E-state index is 13.1. The number of piperazine rings is 1. The lowest BCUT2D eigenvalue weighted by molar-refractivity contribution is -0.178. The second-order valence-electron chi connectivity index (χ2n) is 10.9. The number of hydrogen-bond acceptors (Lipinski definition) is 7. The Morgan fingerprint density at radius 2 is 1.73 bits per heavy atom. The molecule has 0 bridgehead atoms. The van der Waals surface area contributed by atoms with E-state index in [0.717, 1.165) is 50.9 Å². The van der Waals surface area contributed by atoms with Crippen molar-refractivity contribution in [2.24, 2.45) is 0 Å². The van der Waals surface area contributed by atoms with Crippen molar-refractivity contribution in [2.75, 3.05) is 39.4 Å². The molecular weight excluding hydrogens is 506 g/mol. The van der Waals surface area contributed by atoms with Crippen LogP contribution in [-0.4, -0.2) is 71.0 Å². The number of ether oxygens (including phenoxy) is 3. The summed E-state index contributed by atoms with van der Waals surface area (Å²) in [6.07, 6.45) is 5.34. The molecule has 2 aliphatic heterocycles. The van der Waals surface area contributed by atoms with Crippen LogP contribution < -0.4 is 4.74 Å². The highest BCUT2D eigenvalue weighted by molar-refractivity contribution is 5.94. The number of pyridine rings is 1. The third kappa shape index (κ3) is 6.05. The average molecular weight is 544 g/mol. The molecule has 0 unspecified atom stereocenters. The quantitative estimate of drug-likeness (QED) is 0.462. The summed E-state index contributed by atoms with van der Waals surface area (Å²) in [7, 11) is 0. The van der Waals surface area contributed by atoms with Gasteiger partial charge < -0.3 is 24.2 Å². The molecule has 210 valence electrons. The number of rotatable bonds is 7. The minimum atomic E-state index is -0.380. The molecule has 6 rings (SSSR count). The topological polar surface area (TPSA) is 84.4 Å². The van der Waals surface area contributed by atoms with E-state index < -0.39 is 0 Å². The van der Waals surface area contributed by atoms with Crippen molar-refractivity contribution in [1.82, 2.24) is 14.8 Å². The molecule has 1 aliphatic carbocycles. The minimum Gasteiger partial charge on any atom is -0.439 e. The average Bonchev–Trinajstić information content (AvgIpc) is 3.46. The molecule has 3 aliphatic rings. The summed E-state index contributed by atoms with van der Waals surface area (Å²) >= 11 is 0. The summed E-state index contributed by atoms with van der Waals surface area (Å²) in [6, 6.07) is 19.9. The molecule has 8 nitrogen and oxygen atoms in total. The Morgan fingerprint density at radius 1 is 0.975 bits per heavy atom. The van der Waals surface area contributed by atoms with Crippen molar-refractivity contribution in [3.63, 3.8) is 0 Å². The van der Waals surface area contributed by atoms with Crippen LogP contribution in [0, 0.1) is 0 Å². The van der Waals surface area contributed by atoms with Gasteiger partial charge in [-0.1, -0.05) is 36.4 Å². The number of amides is 1. The molecule has 1 N–H and O–H groups in total. The second kappa shape index (κ2) is 12.1. The number of carbonyl (C=O) groups is 1. The molecule has 0 radical (unpaired) electrons. The molecule has 3 aromatic rings. The Labute approximate surface area is 235 Å². The van der Waals surface area contributed by atoms with Gasteiger partial charge in [0.1, 0.15) is 5.75 Å². The molecule has 1 spiro atoms. The molecular formula is C32H37N3O5. The van der Waals surface area contributed by atoms with Gasteiger partial charge >= 0.3 is 0 Å². The number of carbonyl (C=O) groups excluding carboxylic acids is 1. The SMILES string of the molecule is O=C(c1ccc(Oc2ccc(C3CCC4(CC3)OCCO4)cc2CO)nc1)N1CCN(Cc2ccccc2)CC1. The summed E-state index contributed by atoms with van der Waals surface area (Å²) in [5.41, 5.74) is 3.76. The van der Waals surface area contributed by atoms with E-state index >= 15 is 0 Å². The number of aliphatic hydroxyl groups excluding tert-OH is 1. The fourth-order valence-electron chi connectivity index (χ4n) is 6.07. The van der Waals surface area contributed by atoms with E-state index in [0.29, 0.717) is 49.4 Å². The third-order valence-electron chi connectivity index (χ3n) is 8.39. The predicted octanol–water partition coefficient (Wildman–Crippen LogP) is 4.72. The highest BCUT2D eigenvalue weighted by Gasteiger charge is 2.40. The van der Waals surface area contributed by atoms with E-state index in [4.69, 9.17) is 14.2 Å². The van der Waals surface area contributed by atoms with Crippen molar-refractivity contribution < 1.29 is 24.1 Å². The summed E-state index contributed by atoms with van der Waals surface area (Å²) < 4.78 is 17.8. The summed E-state index contributed by atoms with van der Waals surface area (Å²) in [6.45, 7) is 5.21. The molecule has 1 saturated carbocycles. The Hall–Kier alpha value is -3.30. The van der Waals surface area contributed by atoms with E-state index in [1.807, 2.05) is 23.1 Å². The molecule has 2 saturated heterocycles. The predicted molar refractivity (Wildman–Crippen MR) is 150 cm³/mol. The monoisotopic (exact) mass is 543 g/mol. The van der Waals surface area contributed by atoms with Gasteiger partial charge in [-0.25, -0.2) is 4.98 Å². The summed E-state index contributed by atoms with van der Waals surface area (Å²) in [5.74, 6) is 0.974. The second-order valence-corrected chi connectivity index (χ2v) is 10.9. The van der Waals surface area contributed by atoms with Gasteiger partial charge in [-0.2, -0.15) is 0 Å². The molecule has 2 aromatic carbocycles. The van der Waals surface area contributed by atoms with Crippen molar-refractivity contribution >= 4 is 5.91 Å². The van der Waals surface area contributed by atoms with Crippen LogP contribution in [-0.2, 0) is 22.6 Å². The van der Waals surface area contributed by atoms with Crippen LogP contribution in [0.2, 0.25) is 0 Å². The molecule has 1 aromatic heterocycles. The zero-order chi connectivity index (χ0) is 27.4. The number of aliphatic hydroxyl groups is 1. The van der Waals surface area contributed by atoms with E-state index in [1.165, 1.54) is 11.1 Å². The maximum Gasteiger partial charge on any atom is 0.255 e. The number of hydrogen-bond donors (Lipinski definition) is 1. The van der Waals surface area contributed by atoms with Crippen LogP contribution in [0.3, 0.4) is 0 Å². The number of benzene rings is 2.